The molecule has 0 saturated carbocycles. The van der Waals surface area contributed by atoms with Crippen LogP contribution in [-0.4, -0.2) is 29.6 Å². The van der Waals surface area contributed by atoms with Gasteiger partial charge in [-0.05, 0) is 12.7 Å². The van der Waals surface area contributed by atoms with Gasteiger partial charge in [0.2, 0.25) is 0 Å². The quantitative estimate of drug-likeness (QED) is 0.766. The smallest absolute Gasteiger partial charge is 0.185 e. The molecular weight excluding hydrogens is 236 g/mol. The number of alkyl halides is 1. The summed E-state index contributed by atoms with van der Waals surface area (Å²) in [7, 11) is 0. The van der Waals surface area contributed by atoms with Crippen LogP contribution >= 0.6 is 34.7 Å². The topological polar surface area (TPSA) is 16.1 Å². The third-order valence-electron chi connectivity index (χ3n) is 2.43. The highest BCUT2D eigenvalue weighted by Gasteiger charge is 2.23. The van der Waals surface area contributed by atoms with E-state index in [2.05, 4.69) is 21.5 Å². The van der Waals surface area contributed by atoms with E-state index in [0.29, 0.717) is 5.88 Å². The van der Waals surface area contributed by atoms with Crippen LogP contribution < -0.4 is 4.90 Å². The number of hydrogen-bond donors (Lipinski definition) is 0. The maximum Gasteiger partial charge on any atom is 0.185 e. The highest BCUT2D eigenvalue weighted by molar-refractivity contribution is 7.99. The molecule has 5 heteroatoms. The van der Waals surface area contributed by atoms with Gasteiger partial charge in [0.1, 0.15) is 0 Å². The summed E-state index contributed by atoms with van der Waals surface area (Å²) in [5, 5.41) is 3.96. The number of anilines is 1. The molecule has 1 aliphatic rings. The molecule has 0 amide bonds. The van der Waals surface area contributed by atoms with Crippen molar-refractivity contribution >= 4 is 39.8 Å². The highest BCUT2D eigenvalue weighted by Crippen LogP contribution is 2.28. The normalized spacial score (nSPS) is 21.9. The molecule has 78 valence electrons. The van der Waals surface area contributed by atoms with Crippen LogP contribution in [0.3, 0.4) is 0 Å². The van der Waals surface area contributed by atoms with Gasteiger partial charge in [0, 0.05) is 23.7 Å². The molecule has 0 radical (unpaired) electrons. The third-order valence-corrected chi connectivity index (χ3v) is 4.70. The first-order chi connectivity index (χ1) is 6.83. The molecule has 14 heavy (non-hydrogen) atoms. The largest absolute Gasteiger partial charge is 0.347 e. The van der Waals surface area contributed by atoms with Crippen molar-refractivity contribution in [3.8, 4) is 0 Å². The first-order valence-electron chi connectivity index (χ1n) is 4.61. The molecule has 2 nitrogen and oxygen atoms in total. The molecule has 0 bridgehead atoms. The van der Waals surface area contributed by atoms with Crippen molar-refractivity contribution < 1.29 is 0 Å². The lowest BCUT2D eigenvalue weighted by molar-refractivity contribution is 0.951. The number of nitrogens with zero attached hydrogens (tertiary/aromatic N) is 2. The Hall–Kier alpha value is 0.0700. The number of hydrogen-bond acceptors (Lipinski definition) is 4. The Labute approximate surface area is 97.7 Å². The summed E-state index contributed by atoms with van der Waals surface area (Å²) in [5.74, 6) is 0.524. The Kier molecular flexibility index (Phi) is 3.57. The summed E-state index contributed by atoms with van der Waals surface area (Å²) in [4.78, 5) is 6.85. The minimum absolute atomic E-state index is 0.524. The first-order valence-corrected chi connectivity index (χ1v) is 7.32. The van der Waals surface area contributed by atoms with Gasteiger partial charge >= 0.3 is 0 Å². The van der Waals surface area contributed by atoms with Crippen LogP contribution in [0.5, 0.6) is 0 Å². The van der Waals surface area contributed by atoms with E-state index in [1.807, 2.05) is 11.8 Å². The summed E-state index contributed by atoms with van der Waals surface area (Å²) >= 11 is 9.38. The van der Waals surface area contributed by atoms with Crippen molar-refractivity contribution in [1.29, 1.82) is 0 Å². The molecule has 1 saturated heterocycles. The summed E-state index contributed by atoms with van der Waals surface area (Å²) in [6.45, 7) is 2.27. The lowest BCUT2D eigenvalue weighted by Gasteiger charge is -2.13. The lowest BCUT2D eigenvalue weighted by atomic mass is 10.4. The monoisotopic (exact) mass is 248 g/mol. The number of thiazole rings is 1. The molecule has 1 fully saturated rings. The maximum atomic E-state index is 5.72. The summed E-state index contributed by atoms with van der Waals surface area (Å²) in [6, 6.07) is 0. The Bertz CT molecular complexity index is 303. The standard InChI is InChI=1S/C9H13ClN2S2/c1-13-8-2-3-12(5-8)9-11-7(4-10)6-14-9/h6,8H,2-5H2,1H3. The van der Waals surface area contributed by atoms with Crippen LogP contribution in [0.1, 0.15) is 12.1 Å². The van der Waals surface area contributed by atoms with Crippen LogP contribution in [0.2, 0.25) is 0 Å². The Morgan fingerprint density at radius 2 is 2.64 bits per heavy atom. The van der Waals surface area contributed by atoms with Crippen LogP contribution in [0.15, 0.2) is 5.38 Å². The van der Waals surface area contributed by atoms with Crippen molar-refractivity contribution in [2.45, 2.75) is 17.6 Å². The average Bonchev–Trinajstić information content (AvgIpc) is 2.86. The van der Waals surface area contributed by atoms with Crippen molar-refractivity contribution in [1.82, 2.24) is 4.98 Å². The van der Waals surface area contributed by atoms with Crippen LogP contribution in [0, 0.1) is 0 Å². The zero-order valence-corrected chi connectivity index (χ0v) is 10.5. The van der Waals surface area contributed by atoms with E-state index in [1.54, 1.807) is 11.3 Å². The number of rotatable bonds is 3. The number of halogens is 1. The second-order valence-corrected chi connectivity index (χ2v) is 5.59. The van der Waals surface area contributed by atoms with Gasteiger partial charge in [0.15, 0.2) is 5.13 Å². The SMILES string of the molecule is CSC1CCN(c2nc(CCl)cs2)C1. The minimum Gasteiger partial charge on any atom is -0.347 e. The number of aromatic nitrogens is 1. The third kappa shape index (κ3) is 2.18. The predicted octanol–water partition coefficient (Wildman–Crippen LogP) is 2.82. The van der Waals surface area contributed by atoms with Crippen molar-refractivity contribution in [2.75, 3.05) is 24.2 Å². The Balaban J connectivity index is 2.02. The molecule has 2 rings (SSSR count). The highest BCUT2D eigenvalue weighted by atomic mass is 35.5. The van der Waals surface area contributed by atoms with Crippen molar-refractivity contribution in [2.24, 2.45) is 0 Å². The predicted molar refractivity (Wildman–Crippen MR) is 65.8 cm³/mol. The molecule has 0 N–H and O–H groups in total. The van der Waals surface area contributed by atoms with Crippen molar-refractivity contribution in [3.63, 3.8) is 0 Å². The average molecular weight is 249 g/mol. The van der Waals surface area contributed by atoms with E-state index in [-0.39, 0.29) is 0 Å². The van der Waals surface area contributed by atoms with E-state index < -0.39 is 0 Å². The van der Waals surface area contributed by atoms with Crippen molar-refractivity contribution in [3.05, 3.63) is 11.1 Å². The van der Waals surface area contributed by atoms with E-state index >= 15 is 0 Å². The van der Waals surface area contributed by atoms with Crippen LogP contribution in [0.25, 0.3) is 0 Å². The van der Waals surface area contributed by atoms with Gasteiger partial charge in [-0.25, -0.2) is 4.98 Å². The van der Waals surface area contributed by atoms with E-state index in [0.717, 1.165) is 29.2 Å². The maximum absolute atomic E-state index is 5.72. The molecule has 1 aliphatic heterocycles. The van der Waals surface area contributed by atoms with E-state index in [4.69, 9.17) is 11.6 Å². The van der Waals surface area contributed by atoms with Gasteiger partial charge in [0.25, 0.3) is 0 Å². The van der Waals surface area contributed by atoms with Crippen LogP contribution in [0.4, 0.5) is 5.13 Å². The molecule has 2 heterocycles. The molecule has 1 atom stereocenters. The zero-order valence-electron chi connectivity index (χ0n) is 8.07. The molecule has 1 aromatic heterocycles. The van der Waals surface area contributed by atoms with E-state index in [1.165, 1.54) is 6.42 Å². The minimum atomic E-state index is 0.524. The first kappa shape index (κ1) is 10.6. The molecule has 0 aromatic carbocycles. The molecule has 0 spiro atoms. The fourth-order valence-corrected chi connectivity index (χ4v) is 3.36. The van der Waals surface area contributed by atoms with Gasteiger partial charge in [-0.15, -0.1) is 22.9 Å². The van der Waals surface area contributed by atoms with Gasteiger partial charge in [-0.1, -0.05) is 0 Å². The molecule has 1 unspecified atom stereocenters. The molecule has 1 aromatic rings. The molecular formula is C9H13ClN2S2. The summed E-state index contributed by atoms with van der Waals surface area (Å²) in [5.41, 5.74) is 0.999. The zero-order chi connectivity index (χ0) is 9.97. The number of thioether (sulfide) groups is 1. The van der Waals surface area contributed by atoms with Gasteiger partial charge in [-0.2, -0.15) is 11.8 Å². The Morgan fingerprint density at radius 3 is 3.21 bits per heavy atom. The van der Waals surface area contributed by atoms with Gasteiger partial charge < -0.3 is 4.90 Å². The second-order valence-electron chi connectivity index (χ2n) is 3.35. The second kappa shape index (κ2) is 4.73. The fraction of sp³-hybridized carbons (Fsp3) is 0.667. The van der Waals surface area contributed by atoms with Gasteiger partial charge in [0.05, 0.1) is 11.6 Å². The summed E-state index contributed by atoms with van der Waals surface area (Å²) in [6.07, 6.45) is 3.46. The molecule has 0 aliphatic carbocycles. The lowest BCUT2D eigenvalue weighted by Crippen LogP contribution is -2.19. The van der Waals surface area contributed by atoms with Gasteiger partial charge in [-0.3, -0.25) is 0 Å². The van der Waals surface area contributed by atoms with E-state index in [9.17, 15) is 0 Å². The van der Waals surface area contributed by atoms with Crippen LogP contribution in [-0.2, 0) is 5.88 Å². The summed E-state index contributed by atoms with van der Waals surface area (Å²) < 4.78 is 0. The fourth-order valence-electron chi connectivity index (χ4n) is 1.60. The Morgan fingerprint density at radius 1 is 1.79 bits per heavy atom.